The molecule has 0 unspecified atom stereocenters. The van der Waals surface area contributed by atoms with Crippen LogP contribution >= 0.6 is 0 Å². The summed E-state index contributed by atoms with van der Waals surface area (Å²) >= 11 is 0. The van der Waals surface area contributed by atoms with E-state index in [-0.39, 0.29) is 5.84 Å². The predicted octanol–water partition coefficient (Wildman–Crippen LogP) is 4.88. The molecule has 0 atom stereocenters. The Labute approximate surface area is 194 Å². The van der Waals surface area contributed by atoms with E-state index in [1.165, 1.54) is 37.9 Å². The molecule has 170 valence electrons. The number of nitrogen functional groups attached to an aromatic ring is 1. The number of fused-ring (bicyclic) bond motifs is 3. The van der Waals surface area contributed by atoms with Gasteiger partial charge in [-0.05, 0) is 56.6 Å². The van der Waals surface area contributed by atoms with E-state index in [0.29, 0.717) is 0 Å². The lowest BCUT2D eigenvalue weighted by Crippen LogP contribution is -2.31. The Morgan fingerprint density at radius 3 is 2.64 bits per heavy atom. The maximum Gasteiger partial charge on any atom is 0.136 e. The van der Waals surface area contributed by atoms with Crippen molar-refractivity contribution < 1.29 is 0 Å². The summed E-state index contributed by atoms with van der Waals surface area (Å²) < 4.78 is 0. The Hall–Kier alpha value is -3.38. The lowest BCUT2D eigenvalue weighted by atomic mass is 10.1. The first-order valence-electron chi connectivity index (χ1n) is 12.0. The van der Waals surface area contributed by atoms with Crippen LogP contribution in [0, 0.1) is 5.41 Å². The zero-order valence-electron chi connectivity index (χ0n) is 19.0. The summed E-state index contributed by atoms with van der Waals surface area (Å²) in [6, 6.07) is 18.5. The minimum absolute atomic E-state index is 0.0782. The molecular formula is C27H32N6. The normalized spacial score (nSPS) is 14.7. The van der Waals surface area contributed by atoms with Crippen LogP contribution in [-0.2, 0) is 6.42 Å². The van der Waals surface area contributed by atoms with Crippen LogP contribution in [0.5, 0.6) is 0 Å². The van der Waals surface area contributed by atoms with E-state index >= 15 is 0 Å². The fourth-order valence-electron chi connectivity index (χ4n) is 4.86. The number of amidine groups is 1. The maximum atomic E-state index is 7.78. The topological polar surface area (TPSA) is 93.8 Å². The molecule has 1 fully saturated rings. The molecule has 1 aliphatic heterocycles. The van der Waals surface area contributed by atoms with E-state index in [9.17, 15) is 0 Å². The minimum Gasteiger partial charge on any atom is -0.384 e. The highest BCUT2D eigenvalue weighted by Gasteiger charge is 2.14. The van der Waals surface area contributed by atoms with Crippen molar-refractivity contribution in [2.75, 3.05) is 31.5 Å². The number of H-pyrrole nitrogens is 1. The van der Waals surface area contributed by atoms with Crippen molar-refractivity contribution in [1.29, 1.82) is 5.41 Å². The molecular weight excluding hydrogens is 408 g/mol. The van der Waals surface area contributed by atoms with Gasteiger partial charge in [-0.15, -0.1) is 0 Å². The van der Waals surface area contributed by atoms with Gasteiger partial charge in [0.05, 0.1) is 5.52 Å². The van der Waals surface area contributed by atoms with Crippen LogP contribution in [0.15, 0.2) is 54.6 Å². The molecule has 4 aromatic rings. The molecule has 2 aromatic heterocycles. The van der Waals surface area contributed by atoms with Gasteiger partial charge in [-0.3, -0.25) is 5.41 Å². The highest BCUT2D eigenvalue weighted by molar-refractivity contribution is 6.14. The van der Waals surface area contributed by atoms with Crippen LogP contribution in [0.1, 0.15) is 42.5 Å². The van der Waals surface area contributed by atoms with Crippen molar-refractivity contribution in [2.45, 2.75) is 32.1 Å². The summed E-state index contributed by atoms with van der Waals surface area (Å²) in [5, 5.41) is 13.6. The Kier molecular flexibility index (Phi) is 6.26. The van der Waals surface area contributed by atoms with E-state index in [1.54, 1.807) is 0 Å². The molecule has 0 bridgehead atoms. The predicted molar refractivity (Wildman–Crippen MR) is 137 cm³/mol. The lowest BCUT2D eigenvalue weighted by Gasteiger charge is -2.26. The Bertz CT molecular complexity index is 1250. The average molecular weight is 441 g/mol. The summed E-state index contributed by atoms with van der Waals surface area (Å²) in [4.78, 5) is 11.2. The fourth-order valence-corrected chi connectivity index (χ4v) is 4.86. The second kappa shape index (κ2) is 9.63. The first-order chi connectivity index (χ1) is 16.2. The first-order valence-corrected chi connectivity index (χ1v) is 12.0. The number of nitrogens with zero attached hydrogens (tertiary/aromatic N) is 2. The van der Waals surface area contributed by atoms with E-state index < -0.39 is 0 Å². The summed E-state index contributed by atoms with van der Waals surface area (Å²) in [6.45, 7) is 4.49. The smallest absolute Gasteiger partial charge is 0.136 e. The summed E-state index contributed by atoms with van der Waals surface area (Å²) in [7, 11) is 0. The van der Waals surface area contributed by atoms with Crippen molar-refractivity contribution in [2.24, 2.45) is 5.73 Å². The maximum absolute atomic E-state index is 7.78. The summed E-state index contributed by atoms with van der Waals surface area (Å²) in [5.74, 6) is 1.01. The highest BCUT2D eigenvalue weighted by Crippen LogP contribution is 2.32. The van der Waals surface area contributed by atoms with E-state index in [2.05, 4.69) is 45.5 Å². The van der Waals surface area contributed by atoms with Gasteiger partial charge in [0.25, 0.3) is 0 Å². The monoisotopic (exact) mass is 440 g/mol. The number of aromatic amines is 1. The van der Waals surface area contributed by atoms with Gasteiger partial charge in [0.15, 0.2) is 0 Å². The largest absolute Gasteiger partial charge is 0.384 e. The van der Waals surface area contributed by atoms with Crippen molar-refractivity contribution in [3.63, 3.8) is 0 Å². The molecule has 5 N–H and O–H groups in total. The number of anilines is 1. The van der Waals surface area contributed by atoms with Crippen LogP contribution in [0.4, 0.5) is 5.82 Å². The summed E-state index contributed by atoms with van der Waals surface area (Å²) in [6.07, 6.45) is 5.91. The van der Waals surface area contributed by atoms with Gasteiger partial charge >= 0.3 is 0 Å². The van der Waals surface area contributed by atoms with Gasteiger partial charge in [-0.2, -0.15) is 0 Å². The number of pyridine rings is 1. The van der Waals surface area contributed by atoms with Gasteiger partial charge in [0.1, 0.15) is 11.7 Å². The summed E-state index contributed by atoms with van der Waals surface area (Å²) in [5.41, 5.74) is 10.8. The number of likely N-dealkylation sites (tertiary alicyclic amines) is 1. The number of hydrogen-bond acceptors (Lipinski definition) is 4. The van der Waals surface area contributed by atoms with Crippen LogP contribution in [0.3, 0.4) is 0 Å². The van der Waals surface area contributed by atoms with E-state index in [4.69, 9.17) is 16.1 Å². The third-order valence-electron chi connectivity index (χ3n) is 6.56. The van der Waals surface area contributed by atoms with Crippen molar-refractivity contribution in [1.82, 2.24) is 14.9 Å². The number of rotatable bonds is 8. The van der Waals surface area contributed by atoms with Crippen LogP contribution in [0.2, 0.25) is 0 Å². The van der Waals surface area contributed by atoms with Crippen LogP contribution < -0.4 is 11.1 Å². The molecule has 1 saturated heterocycles. The second-order valence-corrected chi connectivity index (χ2v) is 9.03. The van der Waals surface area contributed by atoms with Gasteiger partial charge in [-0.25, -0.2) is 4.98 Å². The highest BCUT2D eigenvalue weighted by atomic mass is 15.1. The second-order valence-electron chi connectivity index (χ2n) is 9.03. The van der Waals surface area contributed by atoms with Gasteiger partial charge in [-0.1, -0.05) is 48.9 Å². The zero-order valence-corrected chi connectivity index (χ0v) is 19.0. The standard InChI is InChI=1S/C27H32N6/c28-26(29)20-10-11-22-23(17-20)32-24-18-21(16-19-8-3-1-4-9-19)31-27(25(22)24)30-12-7-15-33-13-5-2-6-14-33/h1,3-4,8-11,17-18,32H,2,5-7,12-16H2,(H3,28,29)(H,30,31). The fraction of sp³-hybridized carbons (Fsp3) is 0.333. The van der Waals surface area contributed by atoms with Crippen molar-refractivity contribution >= 4 is 33.5 Å². The number of hydrogen-bond donors (Lipinski definition) is 4. The molecule has 0 saturated carbocycles. The Morgan fingerprint density at radius 2 is 1.85 bits per heavy atom. The van der Waals surface area contributed by atoms with Crippen LogP contribution in [-0.4, -0.2) is 46.9 Å². The third-order valence-corrected chi connectivity index (χ3v) is 6.56. The molecule has 0 amide bonds. The molecule has 0 aliphatic carbocycles. The molecule has 6 nitrogen and oxygen atoms in total. The molecule has 0 radical (unpaired) electrons. The molecule has 1 aliphatic rings. The SMILES string of the molecule is N=C(N)c1ccc2c(c1)[nH]c1cc(Cc3ccccc3)nc(NCCCN3CCCCC3)c12. The molecule has 3 heterocycles. The molecule has 0 spiro atoms. The number of nitrogens with two attached hydrogens (primary N) is 1. The number of benzene rings is 2. The zero-order chi connectivity index (χ0) is 22.6. The first kappa shape index (κ1) is 21.5. The number of aromatic nitrogens is 2. The Balaban J connectivity index is 1.44. The van der Waals surface area contributed by atoms with E-state index in [1.807, 2.05) is 24.3 Å². The lowest BCUT2D eigenvalue weighted by molar-refractivity contribution is 0.228. The average Bonchev–Trinajstić information content (AvgIpc) is 3.20. The number of piperidine rings is 1. The third kappa shape index (κ3) is 4.86. The van der Waals surface area contributed by atoms with Crippen molar-refractivity contribution in [3.8, 4) is 0 Å². The molecule has 2 aromatic carbocycles. The molecule has 33 heavy (non-hydrogen) atoms. The molecule has 6 heteroatoms. The number of nitrogens with one attached hydrogen (secondary N) is 3. The van der Waals surface area contributed by atoms with Crippen LogP contribution in [0.25, 0.3) is 21.8 Å². The minimum atomic E-state index is 0.0782. The van der Waals surface area contributed by atoms with Crippen molar-refractivity contribution in [3.05, 3.63) is 71.4 Å². The van der Waals surface area contributed by atoms with Gasteiger partial charge < -0.3 is 20.9 Å². The molecule has 5 rings (SSSR count). The van der Waals surface area contributed by atoms with Gasteiger partial charge in [0.2, 0.25) is 0 Å². The Morgan fingerprint density at radius 1 is 1.03 bits per heavy atom. The van der Waals surface area contributed by atoms with E-state index in [0.717, 1.165) is 64.8 Å². The van der Waals surface area contributed by atoms with Gasteiger partial charge in [0, 0.05) is 40.5 Å². The quantitative estimate of drug-likeness (QED) is 0.178.